The Morgan fingerprint density at radius 1 is 1.06 bits per heavy atom. The summed E-state index contributed by atoms with van der Waals surface area (Å²) in [6.07, 6.45) is 0. The van der Waals surface area contributed by atoms with Gasteiger partial charge in [-0.05, 0) is 31.0 Å². The highest BCUT2D eigenvalue weighted by atomic mass is 127. The van der Waals surface area contributed by atoms with Gasteiger partial charge in [0.25, 0.3) is 0 Å². The number of nitrogens with zero attached hydrogens (tertiary/aromatic N) is 4. The quantitative estimate of drug-likeness (QED) is 0.276. The molecule has 1 aromatic carbocycles. The van der Waals surface area contributed by atoms with E-state index in [9.17, 15) is 0 Å². The maximum absolute atomic E-state index is 5.55. The number of benzene rings is 1. The number of guanidine groups is 1. The van der Waals surface area contributed by atoms with Crippen LogP contribution in [0.1, 0.15) is 19.4 Å². The molecule has 0 saturated carbocycles. The minimum absolute atomic E-state index is 0. The third-order valence-electron chi connectivity index (χ3n) is 6.11. The van der Waals surface area contributed by atoms with Crippen molar-refractivity contribution >= 4 is 29.9 Å². The van der Waals surface area contributed by atoms with Gasteiger partial charge in [-0.1, -0.05) is 6.92 Å². The van der Waals surface area contributed by atoms with Gasteiger partial charge >= 0.3 is 0 Å². The fourth-order valence-corrected chi connectivity index (χ4v) is 4.31. The number of aliphatic imine (C=N–C) groups is 1. The van der Waals surface area contributed by atoms with E-state index in [-0.39, 0.29) is 24.0 Å². The molecule has 0 spiro atoms. The molecule has 0 aliphatic carbocycles. The Labute approximate surface area is 216 Å². The van der Waals surface area contributed by atoms with E-state index >= 15 is 0 Å². The second-order valence-electron chi connectivity index (χ2n) is 8.65. The van der Waals surface area contributed by atoms with Crippen LogP contribution >= 0.6 is 24.0 Å². The predicted molar refractivity (Wildman–Crippen MR) is 144 cm³/mol. The van der Waals surface area contributed by atoms with Gasteiger partial charge in [-0.2, -0.15) is 0 Å². The molecule has 0 radical (unpaired) electrons. The van der Waals surface area contributed by atoms with Gasteiger partial charge in [0.1, 0.15) is 11.5 Å². The second kappa shape index (κ2) is 14.9. The van der Waals surface area contributed by atoms with Gasteiger partial charge < -0.3 is 24.4 Å². The molecule has 3 rings (SSSR count). The summed E-state index contributed by atoms with van der Waals surface area (Å²) in [5.74, 6) is 3.35. The Morgan fingerprint density at radius 2 is 1.79 bits per heavy atom. The second-order valence-corrected chi connectivity index (χ2v) is 8.65. The monoisotopic (exact) mass is 575 g/mol. The van der Waals surface area contributed by atoms with Crippen LogP contribution in [0.3, 0.4) is 0 Å². The molecule has 1 aromatic rings. The van der Waals surface area contributed by atoms with Crippen molar-refractivity contribution in [3.05, 3.63) is 23.8 Å². The lowest BCUT2D eigenvalue weighted by Gasteiger charge is -2.37. The van der Waals surface area contributed by atoms with E-state index < -0.39 is 0 Å². The molecule has 0 aromatic heterocycles. The van der Waals surface area contributed by atoms with Crippen molar-refractivity contribution in [1.82, 2.24) is 20.0 Å². The van der Waals surface area contributed by atoms with Gasteiger partial charge in [0.2, 0.25) is 0 Å². The van der Waals surface area contributed by atoms with Gasteiger partial charge in [-0.25, -0.2) is 0 Å². The first kappa shape index (κ1) is 27.9. The van der Waals surface area contributed by atoms with E-state index in [4.69, 9.17) is 19.2 Å². The van der Waals surface area contributed by atoms with Crippen molar-refractivity contribution in [1.29, 1.82) is 0 Å². The summed E-state index contributed by atoms with van der Waals surface area (Å²) in [7, 11) is 3.43. The Hall–Kier alpha value is -1.30. The summed E-state index contributed by atoms with van der Waals surface area (Å²) >= 11 is 0. The Bertz CT molecular complexity index is 722. The van der Waals surface area contributed by atoms with Gasteiger partial charge in [0, 0.05) is 71.0 Å². The van der Waals surface area contributed by atoms with Gasteiger partial charge in [0.15, 0.2) is 5.96 Å². The number of piperazine rings is 1. The van der Waals surface area contributed by atoms with Crippen LogP contribution in [0.15, 0.2) is 23.2 Å². The van der Waals surface area contributed by atoms with Gasteiger partial charge in [-0.3, -0.25) is 14.8 Å². The SMILES string of the molecule is CCNC(=NCC(C)CN1CCOCC1)N1CCN(Cc2cc(OC)ccc2OC)CC1.I. The Morgan fingerprint density at radius 3 is 2.42 bits per heavy atom. The molecule has 0 amide bonds. The molecule has 9 heteroatoms. The summed E-state index contributed by atoms with van der Waals surface area (Å²) in [6, 6.07) is 6.00. The van der Waals surface area contributed by atoms with Crippen LogP contribution in [0.25, 0.3) is 0 Å². The van der Waals surface area contributed by atoms with Gasteiger partial charge in [0.05, 0.1) is 27.4 Å². The molecule has 2 aliphatic rings. The van der Waals surface area contributed by atoms with Crippen molar-refractivity contribution in [2.24, 2.45) is 10.9 Å². The molecule has 1 unspecified atom stereocenters. The zero-order valence-corrected chi connectivity index (χ0v) is 23.0. The van der Waals surface area contributed by atoms with E-state index in [1.807, 2.05) is 12.1 Å². The van der Waals surface area contributed by atoms with E-state index in [0.717, 1.165) is 102 Å². The minimum Gasteiger partial charge on any atom is -0.497 e. The normalized spacial score (nSPS) is 19.0. The Kier molecular flexibility index (Phi) is 12.6. The van der Waals surface area contributed by atoms with Crippen LogP contribution in [0, 0.1) is 5.92 Å². The largest absolute Gasteiger partial charge is 0.497 e. The lowest BCUT2D eigenvalue weighted by molar-refractivity contribution is 0.0323. The molecule has 2 saturated heterocycles. The van der Waals surface area contributed by atoms with Crippen LogP contribution in [0.5, 0.6) is 11.5 Å². The topological polar surface area (TPSA) is 61.8 Å². The predicted octanol–water partition coefficient (Wildman–Crippen LogP) is 2.37. The van der Waals surface area contributed by atoms with Crippen molar-refractivity contribution < 1.29 is 14.2 Å². The molecule has 1 atom stereocenters. The lowest BCUT2D eigenvalue weighted by atomic mass is 10.1. The number of rotatable bonds is 9. The van der Waals surface area contributed by atoms with E-state index in [1.54, 1.807) is 14.2 Å². The molecular formula is C24H42IN5O3. The molecule has 33 heavy (non-hydrogen) atoms. The highest BCUT2D eigenvalue weighted by Gasteiger charge is 2.21. The van der Waals surface area contributed by atoms with E-state index in [2.05, 4.69) is 39.9 Å². The van der Waals surface area contributed by atoms with Crippen molar-refractivity contribution in [2.45, 2.75) is 20.4 Å². The third kappa shape index (κ3) is 8.77. The maximum Gasteiger partial charge on any atom is 0.194 e. The number of hydrogen-bond acceptors (Lipinski definition) is 6. The number of methoxy groups -OCH3 is 2. The zero-order chi connectivity index (χ0) is 22.8. The average molecular weight is 576 g/mol. The lowest BCUT2D eigenvalue weighted by Crippen LogP contribution is -2.52. The molecule has 188 valence electrons. The van der Waals surface area contributed by atoms with Crippen LogP contribution in [-0.4, -0.2) is 107 Å². The highest BCUT2D eigenvalue weighted by Crippen LogP contribution is 2.25. The summed E-state index contributed by atoms with van der Waals surface area (Å²) < 4.78 is 16.4. The molecule has 8 nitrogen and oxygen atoms in total. The average Bonchev–Trinajstić information content (AvgIpc) is 2.83. The maximum atomic E-state index is 5.55. The van der Waals surface area contributed by atoms with Crippen molar-refractivity contribution in [2.75, 3.05) is 86.3 Å². The van der Waals surface area contributed by atoms with Crippen molar-refractivity contribution in [3.8, 4) is 11.5 Å². The van der Waals surface area contributed by atoms with Crippen molar-refractivity contribution in [3.63, 3.8) is 0 Å². The molecule has 2 aliphatic heterocycles. The first-order chi connectivity index (χ1) is 15.6. The van der Waals surface area contributed by atoms with Gasteiger partial charge in [-0.15, -0.1) is 24.0 Å². The molecular weight excluding hydrogens is 533 g/mol. The summed E-state index contributed by atoms with van der Waals surface area (Å²) in [4.78, 5) is 12.3. The molecule has 1 N–H and O–H groups in total. The van der Waals surface area contributed by atoms with Crippen LogP contribution in [0.2, 0.25) is 0 Å². The molecule has 2 heterocycles. The molecule has 0 bridgehead atoms. The van der Waals surface area contributed by atoms with Crippen LogP contribution in [0.4, 0.5) is 0 Å². The number of ether oxygens (including phenoxy) is 3. The van der Waals surface area contributed by atoms with Crippen LogP contribution < -0.4 is 14.8 Å². The highest BCUT2D eigenvalue weighted by molar-refractivity contribution is 14.0. The minimum atomic E-state index is 0. The summed E-state index contributed by atoms with van der Waals surface area (Å²) in [5.41, 5.74) is 1.16. The number of hydrogen-bond donors (Lipinski definition) is 1. The van der Waals surface area contributed by atoms with E-state index in [1.165, 1.54) is 0 Å². The first-order valence-corrected chi connectivity index (χ1v) is 11.9. The van der Waals surface area contributed by atoms with E-state index in [0.29, 0.717) is 5.92 Å². The number of nitrogens with one attached hydrogen (secondary N) is 1. The molecule has 2 fully saturated rings. The zero-order valence-electron chi connectivity index (χ0n) is 20.7. The number of morpholine rings is 1. The summed E-state index contributed by atoms with van der Waals surface area (Å²) in [6.45, 7) is 15.8. The fourth-order valence-electron chi connectivity index (χ4n) is 4.31. The third-order valence-corrected chi connectivity index (χ3v) is 6.11. The Balaban J connectivity index is 0.00000385. The standard InChI is InChI=1S/C24H41N5O3.HI/c1-5-25-24(26-17-20(2)18-28-12-14-32-15-13-28)29-10-8-27(9-11-29)19-21-16-22(30-3)6-7-23(21)31-4;/h6-7,16,20H,5,8-15,17-19H2,1-4H3,(H,25,26);1H. The summed E-state index contributed by atoms with van der Waals surface area (Å²) in [5, 5.41) is 3.50. The fraction of sp³-hybridized carbons (Fsp3) is 0.708. The first-order valence-electron chi connectivity index (χ1n) is 11.9. The van der Waals surface area contributed by atoms with Crippen LogP contribution in [-0.2, 0) is 11.3 Å². The smallest absolute Gasteiger partial charge is 0.194 e. The number of halogens is 1.